The predicted octanol–water partition coefficient (Wildman–Crippen LogP) is 3.41. The van der Waals surface area contributed by atoms with Crippen molar-refractivity contribution < 1.29 is 18.3 Å². The normalized spacial score (nSPS) is 11.4. The molecule has 0 unspecified atom stereocenters. The summed E-state index contributed by atoms with van der Waals surface area (Å²) in [4.78, 5) is 24.8. The van der Waals surface area contributed by atoms with Crippen LogP contribution in [0.2, 0.25) is 0 Å². The molecule has 154 valence electrons. The first-order chi connectivity index (χ1) is 13.8. The van der Waals surface area contributed by atoms with Crippen molar-refractivity contribution >= 4 is 17.0 Å². The first-order valence-corrected chi connectivity index (χ1v) is 9.51. The Balaban J connectivity index is 2.05. The number of carbonyl (C=O) groups is 1. The van der Waals surface area contributed by atoms with Crippen LogP contribution in [0.1, 0.15) is 38.1 Å². The SMILES string of the molecule is CCOC(=O)Cn1c(CCc2cccc(F)c2F)cc(=O)c2cn(C(C)C)nc21. The molecule has 0 saturated heterocycles. The number of rotatable bonds is 7. The van der Waals surface area contributed by atoms with Gasteiger partial charge in [0.05, 0.1) is 12.0 Å². The molecule has 0 atom stereocenters. The minimum atomic E-state index is -0.919. The van der Waals surface area contributed by atoms with Gasteiger partial charge in [-0.3, -0.25) is 14.3 Å². The van der Waals surface area contributed by atoms with Crippen molar-refractivity contribution in [3.8, 4) is 0 Å². The Hall–Kier alpha value is -3.03. The average molecular weight is 403 g/mol. The summed E-state index contributed by atoms with van der Waals surface area (Å²) < 4.78 is 35.8. The molecule has 1 aromatic carbocycles. The zero-order chi connectivity index (χ0) is 21.1. The number of aryl methyl sites for hydroxylation is 2. The summed E-state index contributed by atoms with van der Waals surface area (Å²) in [7, 11) is 0. The number of hydrogen-bond acceptors (Lipinski definition) is 4. The van der Waals surface area contributed by atoms with E-state index in [0.717, 1.165) is 6.07 Å². The molecule has 8 heteroatoms. The Morgan fingerprint density at radius 3 is 2.69 bits per heavy atom. The lowest BCUT2D eigenvalue weighted by Gasteiger charge is -2.14. The monoisotopic (exact) mass is 403 g/mol. The van der Waals surface area contributed by atoms with E-state index >= 15 is 0 Å². The van der Waals surface area contributed by atoms with Crippen molar-refractivity contribution in [2.45, 2.75) is 46.2 Å². The lowest BCUT2D eigenvalue weighted by molar-refractivity contribution is -0.143. The summed E-state index contributed by atoms with van der Waals surface area (Å²) >= 11 is 0. The van der Waals surface area contributed by atoms with Gasteiger partial charge in [0.1, 0.15) is 6.54 Å². The first-order valence-electron chi connectivity index (χ1n) is 9.51. The van der Waals surface area contributed by atoms with E-state index in [9.17, 15) is 18.4 Å². The molecule has 0 saturated carbocycles. The van der Waals surface area contributed by atoms with E-state index in [1.807, 2.05) is 13.8 Å². The van der Waals surface area contributed by atoms with Crippen molar-refractivity contribution in [1.82, 2.24) is 14.3 Å². The number of ether oxygens (including phenoxy) is 1. The van der Waals surface area contributed by atoms with E-state index in [4.69, 9.17) is 4.74 Å². The molecule has 0 spiro atoms. The van der Waals surface area contributed by atoms with Crippen LogP contribution < -0.4 is 5.43 Å². The van der Waals surface area contributed by atoms with Crippen LogP contribution in [-0.2, 0) is 28.9 Å². The number of aromatic nitrogens is 3. The predicted molar refractivity (Wildman–Crippen MR) is 105 cm³/mol. The van der Waals surface area contributed by atoms with Crippen LogP contribution in [0.15, 0.2) is 35.3 Å². The molecule has 0 amide bonds. The highest BCUT2D eigenvalue weighted by Gasteiger charge is 2.18. The second kappa shape index (κ2) is 8.55. The van der Waals surface area contributed by atoms with Gasteiger partial charge in [-0.05, 0) is 45.2 Å². The summed E-state index contributed by atoms with van der Waals surface area (Å²) in [5, 5.41) is 4.86. The van der Waals surface area contributed by atoms with Crippen LogP contribution in [0.5, 0.6) is 0 Å². The molecule has 2 heterocycles. The third kappa shape index (κ3) is 4.36. The van der Waals surface area contributed by atoms with E-state index in [-0.39, 0.29) is 43.0 Å². The van der Waals surface area contributed by atoms with Gasteiger partial charge < -0.3 is 9.30 Å². The Labute approximate surface area is 166 Å². The largest absolute Gasteiger partial charge is 0.465 e. The summed E-state index contributed by atoms with van der Waals surface area (Å²) in [6.45, 7) is 5.67. The Morgan fingerprint density at radius 1 is 1.24 bits per heavy atom. The number of halogens is 2. The molecule has 0 bridgehead atoms. The molecule has 0 N–H and O–H groups in total. The van der Waals surface area contributed by atoms with Crippen LogP contribution in [0.3, 0.4) is 0 Å². The number of benzene rings is 1. The van der Waals surface area contributed by atoms with Gasteiger partial charge >= 0.3 is 5.97 Å². The van der Waals surface area contributed by atoms with Gasteiger partial charge in [-0.2, -0.15) is 5.10 Å². The zero-order valence-corrected chi connectivity index (χ0v) is 16.6. The van der Waals surface area contributed by atoms with Crippen LogP contribution >= 0.6 is 0 Å². The van der Waals surface area contributed by atoms with Gasteiger partial charge in [0.25, 0.3) is 0 Å². The van der Waals surface area contributed by atoms with Gasteiger partial charge in [0.15, 0.2) is 22.7 Å². The van der Waals surface area contributed by atoms with Crippen LogP contribution in [0.4, 0.5) is 8.78 Å². The quantitative estimate of drug-likeness (QED) is 0.567. The topological polar surface area (TPSA) is 66.1 Å². The Bertz CT molecular complexity index is 1100. The maximum atomic E-state index is 14.0. The van der Waals surface area contributed by atoms with E-state index < -0.39 is 17.6 Å². The molecule has 0 aliphatic heterocycles. The molecule has 0 radical (unpaired) electrons. The number of esters is 1. The molecule has 0 fully saturated rings. The minimum absolute atomic E-state index is 0.0303. The van der Waals surface area contributed by atoms with Gasteiger partial charge in [0, 0.05) is 24.0 Å². The fourth-order valence-electron chi connectivity index (χ4n) is 3.19. The third-order valence-corrected chi connectivity index (χ3v) is 4.68. The fraction of sp³-hybridized carbons (Fsp3) is 0.381. The van der Waals surface area contributed by atoms with Crippen LogP contribution in [0, 0.1) is 11.6 Å². The standard InChI is InChI=1S/C21H23F2N3O3/c1-4-29-19(28)12-25-15(9-8-14-6-5-7-17(22)20(14)23)10-18(27)16-11-26(13(2)3)24-21(16)25/h5-7,10-11,13H,4,8-9,12H2,1-3H3. The summed E-state index contributed by atoms with van der Waals surface area (Å²) in [5.41, 5.74) is 0.844. The molecule has 3 aromatic rings. The van der Waals surface area contributed by atoms with Crippen molar-refractivity contribution in [3.05, 3.63) is 63.6 Å². The second-order valence-corrected chi connectivity index (χ2v) is 7.04. The number of pyridine rings is 1. The zero-order valence-electron chi connectivity index (χ0n) is 16.6. The maximum Gasteiger partial charge on any atom is 0.326 e. The maximum absolute atomic E-state index is 14.0. The van der Waals surface area contributed by atoms with Crippen molar-refractivity contribution in [2.24, 2.45) is 0 Å². The van der Waals surface area contributed by atoms with E-state index in [1.54, 1.807) is 22.4 Å². The van der Waals surface area contributed by atoms with Gasteiger partial charge in [0.2, 0.25) is 0 Å². The number of carbonyl (C=O) groups excluding carboxylic acids is 1. The molecule has 3 rings (SSSR count). The van der Waals surface area contributed by atoms with Crippen molar-refractivity contribution in [1.29, 1.82) is 0 Å². The van der Waals surface area contributed by atoms with Gasteiger partial charge in [-0.1, -0.05) is 12.1 Å². The molecule has 0 aliphatic rings. The molecule has 29 heavy (non-hydrogen) atoms. The minimum Gasteiger partial charge on any atom is -0.465 e. The van der Waals surface area contributed by atoms with Crippen LogP contribution in [-0.4, -0.2) is 26.9 Å². The van der Waals surface area contributed by atoms with Crippen LogP contribution in [0.25, 0.3) is 11.0 Å². The van der Waals surface area contributed by atoms with Crippen molar-refractivity contribution in [2.75, 3.05) is 6.61 Å². The van der Waals surface area contributed by atoms with Crippen molar-refractivity contribution in [3.63, 3.8) is 0 Å². The smallest absolute Gasteiger partial charge is 0.326 e. The summed E-state index contributed by atoms with van der Waals surface area (Å²) in [5.74, 6) is -2.29. The third-order valence-electron chi connectivity index (χ3n) is 4.68. The van der Waals surface area contributed by atoms with E-state index in [1.165, 1.54) is 18.2 Å². The Kier molecular flexibility index (Phi) is 6.10. The molecule has 2 aromatic heterocycles. The molecule has 6 nitrogen and oxygen atoms in total. The highest BCUT2D eigenvalue weighted by molar-refractivity contribution is 5.77. The fourth-order valence-corrected chi connectivity index (χ4v) is 3.19. The second-order valence-electron chi connectivity index (χ2n) is 7.04. The highest BCUT2D eigenvalue weighted by Crippen LogP contribution is 2.18. The average Bonchev–Trinajstić information content (AvgIpc) is 3.12. The molecule has 0 aliphatic carbocycles. The van der Waals surface area contributed by atoms with Gasteiger partial charge in [-0.15, -0.1) is 0 Å². The van der Waals surface area contributed by atoms with Gasteiger partial charge in [-0.25, -0.2) is 8.78 Å². The number of nitrogens with zero attached hydrogens (tertiary/aromatic N) is 3. The molecular weight excluding hydrogens is 380 g/mol. The lowest BCUT2D eigenvalue weighted by atomic mass is 10.1. The van der Waals surface area contributed by atoms with E-state index in [0.29, 0.717) is 16.7 Å². The highest BCUT2D eigenvalue weighted by atomic mass is 19.2. The first kappa shape index (κ1) is 20.7. The lowest BCUT2D eigenvalue weighted by Crippen LogP contribution is -2.21. The summed E-state index contributed by atoms with van der Waals surface area (Å²) in [6, 6.07) is 5.44. The molecular formula is C21H23F2N3O3. The number of fused-ring (bicyclic) bond motifs is 1. The summed E-state index contributed by atoms with van der Waals surface area (Å²) in [6.07, 6.45) is 2.06. The number of hydrogen-bond donors (Lipinski definition) is 0. The van der Waals surface area contributed by atoms with E-state index in [2.05, 4.69) is 5.10 Å². The Morgan fingerprint density at radius 2 is 2.00 bits per heavy atom.